The summed E-state index contributed by atoms with van der Waals surface area (Å²) >= 11 is 0. The number of benzene rings is 5. The van der Waals surface area contributed by atoms with Gasteiger partial charge in [0.15, 0.2) is 0 Å². The molecule has 316 valence electrons. The van der Waals surface area contributed by atoms with Gasteiger partial charge < -0.3 is 20.3 Å². The lowest BCUT2D eigenvalue weighted by Crippen LogP contribution is -2.30. The second kappa shape index (κ2) is 19.2. The summed E-state index contributed by atoms with van der Waals surface area (Å²) in [6, 6.07) is 39.4. The van der Waals surface area contributed by atoms with Crippen LogP contribution in [0.2, 0.25) is 0 Å². The van der Waals surface area contributed by atoms with E-state index in [0.29, 0.717) is 41.3 Å². The smallest absolute Gasteiger partial charge is 0.272 e. The van der Waals surface area contributed by atoms with Crippen molar-refractivity contribution in [3.8, 4) is 5.75 Å². The van der Waals surface area contributed by atoms with Gasteiger partial charge in [-0.1, -0.05) is 98.3 Å². The Balaban J connectivity index is 0.794. The van der Waals surface area contributed by atoms with Crippen LogP contribution in [0.15, 0.2) is 132 Å². The number of allylic oxidation sites excluding steroid dienone is 1. The van der Waals surface area contributed by atoms with Gasteiger partial charge in [0.1, 0.15) is 30.3 Å². The van der Waals surface area contributed by atoms with Crippen molar-refractivity contribution in [3.63, 3.8) is 0 Å². The molecule has 2 aromatic heterocycles. The van der Waals surface area contributed by atoms with Crippen molar-refractivity contribution in [2.75, 3.05) is 37.4 Å². The number of nitrogens with one attached hydrogen (secondary N) is 3. The predicted octanol–water partition coefficient (Wildman–Crippen LogP) is 9.37. The molecule has 3 N–H and O–H groups in total. The van der Waals surface area contributed by atoms with Gasteiger partial charge in [0.2, 0.25) is 5.91 Å². The summed E-state index contributed by atoms with van der Waals surface area (Å²) in [7, 11) is 3.90. The number of aryl methyl sites for hydroxylation is 1. The number of aromatic nitrogens is 5. The number of carbonyl (C=O) groups excluding carboxylic acids is 1. The molecule has 8 rings (SSSR count). The SMILES string of the molecule is CC/C(=C(\c1ccccc1)c1ccc(OCCN(C)CCCCCC(=O)Nc2ccc(C3Nc4cc(F)cc5c(=O)[nH]nc(c45)C3c3ncnn3C)cc2)cc1)c1ccccc1. The normalized spacial score (nSPS) is 15.0. The van der Waals surface area contributed by atoms with Crippen LogP contribution in [-0.4, -0.2) is 62.5 Å². The summed E-state index contributed by atoms with van der Waals surface area (Å²) < 4.78 is 22.5. The van der Waals surface area contributed by atoms with Crippen LogP contribution in [0.5, 0.6) is 5.75 Å². The van der Waals surface area contributed by atoms with Crippen molar-refractivity contribution in [3.05, 3.63) is 178 Å². The summed E-state index contributed by atoms with van der Waals surface area (Å²) in [5.41, 5.74) is 8.28. The standard InChI is InChI=1S/C50H51FN8O3/c1-4-40(33-14-8-5-9-15-33)44(34-16-10-6-11-17-34)35-21-25-39(26-22-35)62-29-28-58(2)27-13-7-12-18-43(60)54-38-23-19-36(20-24-38)47-46(49-52-32-53-59(49)3)48-45-41(50(61)57-56-48)30-37(51)31-42(45)55-47/h5-6,8-11,14-17,19-26,30-32,46-47,55H,4,7,12-13,18,27-29H2,1-3H3,(H,54,60)(H,57,61)/b44-40-. The van der Waals surface area contributed by atoms with E-state index < -0.39 is 23.3 Å². The van der Waals surface area contributed by atoms with Gasteiger partial charge in [-0.3, -0.25) is 14.3 Å². The van der Waals surface area contributed by atoms with Crippen molar-refractivity contribution in [1.82, 2.24) is 29.9 Å². The first-order chi connectivity index (χ1) is 30.3. The molecule has 0 saturated carbocycles. The fraction of sp³-hybridized carbons (Fsp3) is 0.260. The van der Waals surface area contributed by atoms with Crippen LogP contribution in [0.1, 0.15) is 84.8 Å². The molecule has 2 atom stereocenters. The number of ether oxygens (including phenoxy) is 1. The highest BCUT2D eigenvalue weighted by molar-refractivity contribution is 5.99. The number of aromatic amines is 1. The van der Waals surface area contributed by atoms with Crippen LogP contribution in [0, 0.1) is 5.82 Å². The molecule has 0 saturated heterocycles. The summed E-state index contributed by atoms with van der Waals surface area (Å²) in [4.78, 5) is 32.3. The number of amides is 1. The minimum absolute atomic E-state index is 0.0418. The average Bonchev–Trinajstić information content (AvgIpc) is 3.72. The van der Waals surface area contributed by atoms with E-state index in [4.69, 9.17) is 4.74 Å². The van der Waals surface area contributed by atoms with E-state index in [1.54, 1.807) is 11.7 Å². The predicted molar refractivity (Wildman–Crippen MR) is 244 cm³/mol. The van der Waals surface area contributed by atoms with E-state index in [9.17, 15) is 14.0 Å². The Hall–Kier alpha value is -6.92. The van der Waals surface area contributed by atoms with E-state index in [1.165, 1.54) is 40.7 Å². The molecule has 0 spiro atoms. The second-order valence-corrected chi connectivity index (χ2v) is 15.8. The number of unbranched alkanes of at least 4 members (excludes halogenated alkanes) is 2. The Labute approximate surface area is 360 Å². The number of nitrogens with zero attached hydrogens (tertiary/aromatic N) is 5. The van der Waals surface area contributed by atoms with Gasteiger partial charge in [-0.05, 0) is 103 Å². The molecule has 0 bridgehead atoms. The Morgan fingerprint density at radius 3 is 2.27 bits per heavy atom. The number of halogens is 1. The molecule has 3 heterocycles. The largest absolute Gasteiger partial charge is 0.492 e. The Kier molecular flexibility index (Phi) is 12.9. The molecule has 1 aliphatic heterocycles. The first kappa shape index (κ1) is 41.8. The minimum Gasteiger partial charge on any atom is -0.492 e. The molecule has 0 radical (unpaired) electrons. The zero-order chi connectivity index (χ0) is 43.0. The van der Waals surface area contributed by atoms with Crippen molar-refractivity contribution < 1.29 is 13.9 Å². The third kappa shape index (κ3) is 9.35. The maximum absolute atomic E-state index is 14.7. The fourth-order valence-corrected chi connectivity index (χ4v) is 8.45. The molecular formula is C50H51FN8O3. The van der Waals surface area contributed by atoms with Gasteiger partial charge in [0.25, 0.3) is 5.56 Å². The van der Waals surface area contributed by atoms with Gasteiger partial charge >= 0.3 is 0 Å². The Bertz CT molecular complexity index is 2720. The third-order valence-electron chi connectivity index (χ3n) is 11.6. The molecule has 62 heavy (non-hydrogen) atoms. The van der Waals surface area contributed by atoms with Gasteiger partial charge in [0, 0.05) is 36.8 Å². The van der Waals surface area contributed by atoms with Crippen molar-refractivity contribution in [2.45, 2.75) is 51.0 Å². The molecule has 0 fully saturated rings. The van der Waals surface area contributed by atoms with Crippen LogP contribution < -0.4 is 20.9 Å². The maximum Gasteiger partial charge on any atom is 0.272 e. The molecule has 11 nitrogen and oxygen atoms in total. The summed E-state index contributed by atoms with van der Waals surface area (Å²) in [6.07, 6.45) is 5.51. The minimum atomic E-state index is -0.525. The van der Waals surface area contributed by atoms with Crippen LogP contribution in [0.4, 0.5) is 15.8 Å². The molecule has 5 aromatic carbocycles. The van der Waals surface area contributed by atoms with Crippen molar-refractivity contribution >= 4 is 39.2 Å². The zero-order valence-electron chi connectivity index (χ0n) is 35.3. The van der Waals surface area contributed by atoms with E-state index in [1.807, 2.05) is 24.3 Å². The molecule has 1 amide bonds. The Morgan fingerprint density at radius 1 is 0.871 bits per heavy atom. The van der Waals surface area contributed by atoms with Crippen molar-refractivity contribution in [2.24, 2.45) is 7.05 Å². The molecular weight excluding hydrogens is 780 g/mol. The van der Waals surface area contributed by atoms with Gasteiger partial charge in [-0.2, -0.15) is 10.2 Å². The first-order valence-electron chi connectivity index (χ1n) is 21.2. The van der Waals surface area contributed by atoms with Crippen LogP contribution in [0.25, 0.3) is 21.9 Å². The zero-order valence-corrected chi connectivity index (χ0v) is 35.3. The quantitative estimate of drug-likeness (QED) is 0.0612. The molecule has 2 unspecified atom stereocenters. The average molecular weight is 831 g/mol. The molecule has 0 aliphatic carbocycles. The number of H-pyrrole nitrogens is 1. The number of rotatable bonds is 17. The van der Waals surface area contributed by atoms with Crippen LogP contribution in [0.3, 0.4) is 0 Å². The summed E-state index contributed by atoms with van der Waals surface area (Å²) in [5, 5.41) is 18.5. The monoisotopic (exact) mass is 830 g/mol. The lowest BCUT2D eigenvalue weighted by atomic mass is 9.83. The van der Waals surface area contributed by atoms with Crippen LogP contribution >= 0.6 is 0 Å². The highest BCUT2D eigenvalue weighted by atomic mass is 19.1. The fourth-order valence-electron chi connectivity index (χ4n) is 8.45. The maximum atomic E-state index is 14.7. The van der Waals surface area contributed by atoms with Gasteiger partial charge in [-0.15, -0.1) is 0 Å². The van der Waals surface area contributed by atoms with Gasteiger partial charge in [-0.25, -0.2) is 14.5 Å². The number of carbonyl (C=O) groups is 1. The highest BCUT2D eigenvalue weighted by Gasteiger charge is 2.38. The Morgan fingerprint density at radius 2 is 1.58 bits per heavy atom. The van der Waals surface area contributed by atoms with E-state index in [2.05, 4.69) is 135 Å². The molecule has 7 aromatic rings. The van der Waals surface area contributed by atoms with E-state index in [-0.39, 0.29) is 11.3 Å². The highest BCUT2D eigenvalue weighted by Crippen LogP contribution is 2.46. The lowest BCUT2D eigenvalue weighted by Gasteiger charge is -2.33. The molecule has 12 heteroatoms. The summed E-state index contributed by atoms with van der Waals surface area (Å²) in [6.45, 7) is 4.51. The van der Waals surface area contributed by atoms with Crippen molar-refractivity contribution in [1.29, 1.82) is 0 Å². The van der Waals surface area contributed by atoms with E-state index in [0.717, 1.165) is 55.6 Å². The number of anilines is 2. The number of hydrogen-bond acceptors (Lipinski definition) is 8. The topological polar surface area (TPSA) is 130 Å². The first-order valence-corrected chi connectivity index (χ1v) is 21.2. The second-order valence-electron chi connectivity index (χ2n) is 15.8. The summed E-state index contributed by atoms with van der Waals surface area (Å²) in [5.74, 6) is 0.470. The lowest BCUT2D eigenvalue weighted by molar-refractivity contribution is -0.116. The number of hydrogen-bond donors (Lipinski definition) is 3. The van der Waals surface area contributed by atoms with Gasteiger partial charge in [0.05, 0.1) is 23.0 Å². The van der Waals surface area contributed by atoms with E-state index >= 15 is 0 Å². The third-order valence-corrected chi connectivity index (χ3v) is 11.6. The van der Waals surface area contributed by atoms with Crippen LogP contribution in [-0.2, 0) is 11.8 Å². The molecule has 1 aliphatic rings. The number of likely N-dealkylation sites (N-methyl/N-ethyl adjacent to an activating group) is 1.